The molecule has 1 saturated heterocycles. The van der Waals surface area contributed by atoms with E-state index in [9.17, 15) is 4.79 Å². The van der Waals surface area contributed by atoms with Gasteiger partial charge in [0.25, 0.3) is 0 Å². The molecular weight excluding hydrogens is 204 g/mol. The Kier molecular flexibility index (Phi) is 5.22. The molecule has 94 valence electrons. The number of carbonyl (C=O) groups excluding carboxylic acids is 1. The normalized spacial score (nSPS) is 30.1. The van der Waals surface area contributed by atoms with E-state index >= 15 is 0 Å². The first-order valence-electron chi connectivity index (χ1n) is 6.23. The van der Waals surface area contributed by atoms with Gasteiger partial charge >= 0.3 is 0 Å². The number of rotatable bonds is 5. The number of amides is 1. The molecule has 0 bridgehead atoms. The zero-order valence-electron chi connectivity index (χ0n) is 10.6. The van der Waals surface area contributed by atoms with E-state index in [1.165, 1.54) is 0 Å². The summed E-state index contributed by atoms with van der Waals surface area (Å²) < 4.78 is 5.76. The molecule has 4 heteroatoms. The first-order chi connectivity index (χ1) is 7.59. The average molecular weight is 228 g/mol. The van der Waals surface area contributed by atoms with Gasteiger partial charge in [0.15, 0.2) is 0 Å². The lowest BCUT2D eigenvalue weighted by atomic mass is 9.90. The third-order valence-corrected chi connectivity index (χ3v) is 3.27. The molecule has 1 amide bonds. The number of ether oxygens (including phenoxy) is 1. The molecule has 1 aliphatic rings. The highest BCUT2D eigenvalue weighted by Gasteiger charge is 2.31. The van der Waals surface area contributed by atoms with Gasteiger partial charge in [-0.3, -0.25) is 4.79 Å². The Morgan fingerprint density at radius 1 is 1.50 bits per heavy atom. The number of hydrogen-bond donors (Lipinski definition) is 2. The van der Waals surface area contributed by atoms with Crippen molar-refractivity contribution in [2.45, 2.75) is 51.7 Å². The topological polar surface area (TPSA) is 50.4 Å². The van der Waals surface area contributed by atoms with E-state index in [1.54, 1.807) is 0 Å². The van der Waals surface area contributed by atoms with E-state index in [0.717, 1.165) is 25.9 Å². The van der Waals surface area contributed by atoms with Crippen molar-refractivity contribution in [1.29, 1.82) is 0 Å². The Bertz CT molecular complexity index is 233. The van der Waals surface area contributed by atoms with Crippen molar-refractivity contribution in [3.8, 4) is 0 Å². The second kappa shape index (κ2) is 6.21. The maximum Gasteiger partial charge on any atom is 0.233 e. The molecule has 0 aliphatic carbocycles. The van der Waals surface area contributed by atoms with Gasteiger partial charge in [-0.25, -0.2) is 0 Å². The van der Waals surface area contributed by atoms with Crippen LogP contribution in [0.1, 0.15) is 40.0 Å². The van der Waals surface area contributed by atoms with Gasteiger partial charge in [-0.1, -0.05) is 6.92 Å². The Labute approximate surface area is 98.1 Å². The molecular formula is C12H24N2O2. The standard InChI is InChI=1S/C12H24N2O2/c1-4-12(3)8-10(6-7-16-12)14-9-11(15)13-5-2/h10,14H,4-9H2,1-3H3,(H,13,15). The molecule has 1 heterocycles. The third kappa shape index (κ3) is 4.10. The van der Waals surface area contributed by atoms with E-state index in [2.05, 4.69) is 24.5 Å². The van der Waals surface area contributed by atoms with Crippen molar-refractivity contribution in [3.63, 3.8) is 0 Å². The van der Waals surface area contributed by atoms with Gasteiger partial charge in [-0.15, -0.1) is 0 Å². The summed E-state index contributed by atoms with van der Waals surface area (Å²) in [7, 11) is 0. The number of carbonyl (C=O) groups is 1. The van der Waals surface area contributed by atoms with Crippen molar-refractivity contribution >= 4 is 5.91 Å². The quantitative estimate of drug-likeness (QED) is 0.740. The van der Waals surface area contributed by atoms with Crippen LogP contribution in [-0.4, -0.2) is 37.2 Å². The summed E-state index contributed by atoms with van der Waals surface area (Å²) in [6, 6.07) is 0.404. The molecule has 1 aliphatic heterocycles. The van der Waals surface area contributed by atoms with Crippen molar-refractivity contribution in [3.05, 3.63) is 0 Å². The molecule has 2 atom stereocenters. The zero-order valence-corrected chi connectivity index (χ0v) is 10.6. The molecule has 0 saturated carbocycles. The third-order valence-electron chi connectivity index (χ3n) is 3.27. The molecule has 0 aromatic carbocycles. The second-order valence-electron chi connectivity index (χ2n) is 4.68. The predicted molar refractivity (Wildman–Crippen MR) is 64.4 cm³/mol. The zero-order chi connectivity index (χ0) is 12.0. The monoisotopic (exact) mass is 228 g/mol. The lowest BCUT2D eigenvalue weighted by Gasteiger charge is -2.38. The maximum absolute atomic E-state index is 11.3. The number of hydrogen-bond acceptors (Lipinski definition) is 3. The van der Waals surface area contributed by atoms with Crippen LogP contribution in [0, 0.1) is 0 Å². The van der Waals surface area contributed by atoms with E-state index in [-0.39, 0.29) is 11.5 Å². The molecule has 0 aromatic rings. The summed E-state index contributed by atoms with van der Waals surface area (Å²) in [5.74, 6) is 0.0761. The van der Waals surface area contributed by atoms with Crippen LogP contribution in [-0.2, 0) is 9.53 Å². The van der Waals surface area contributed by atoms with Gasteiger partial charge in [0.05, 0.1) is 12.1 Å². The highest BCUT2D eigenvalue weighted by Crippen LogP contribution is 2.27. The molecule has 16 heavy (non-hydrogen) atoms. The van der Waals surface area contributed by atoms with Gasteiger partial charge in [-0.2, -0.15) is 0 Å². The Morgan fingerprint density at radius 3 is 2.88 bits per heavy atom. The maximum atomic E-state index is 11.3. The minimum absolute atomic E-state index is 0.0167. The van der Waals surface area contributed by atoms with Crippen molar-refractivity contribution < 1.29 is 9.53 Å². The van der Waals surface area contributed by atoms with Crippen LogP contribution in [0.2, 0.25) is 0 Å². The molecule has 1 rings (SSSR count). The van der Waals surface area contributed by atoms with Crippen LogP contribution in [0.25, 0.3) is 0 Å². The van der Waals surface area contributed by atoms with Crippen molar-refractivity contribution in [2.75, 3.05) is 19.7 Å². The summed E-state index contributed by atoms with van der Waals surface area (Å²) in [5, 5.41) is 6.09. The van der Waals surface area contributed by atoms with Crippen LogP contribution < -0.4 is 10.6 Å². The van der Waals surface area contributed by atoms with Crippen molar-refractivity contribution in [2.24, 2.45) is 0 Å². The van der Waals surface area contributed by atoms with Gasteiger partial charge in [-0.05, 0) is 33.1 Å². The second-order valence-corrected chi connectivity index (χ2v) is 4.68. The lowest BCUT2D eigenvalue weighted by molar-refractivity contribution is -0.121. The fraction of sp³-hybridized carbons (Fsp3) is 0.917. The predicted octanol–water partition coefficient (Wildman–Crippen LogP) is 1.06. The van der Waals surface area contributed by atoms with Gasteiger partial charge in [0.2, 0.25) is 5.91 Å². The molecule has 2 unspecified atom stereocenters. The Hall–Kier alpha value is -0.610. The summed E-state index contributed by atoms with van der Waals surface area (Å²) >= 11 is 0. The average Bonchev–Trinajstić information content (AvgIpc) is 2.27. The van der Waals surface area contributed by atoms with E-state index in [0.29, 0.717) is 19.1 Å². The van der Waals surface area contributed by atoms with Crippen molar-refractivity contribution in [1.82, 2.24) is 10.6 Å². The van der Waals surface area contributed by atoms with Gasteiger partial charge in [0.1, 0.15) is 0 Å². The van der Waals surface area contributed by atoms with E-state index in [1.807, 2.05) is 6.92 Å². The SMILES string of the molecule is CCNC(=O)CNC1CCOC(C)(CC)C1. The first-order valence-corrected chi connectivity index (χ1v) is 6.23. The Morgan fingerprint density at radius 2 is 2.25 bits per heavy atom. The fourth-order valence-corrected chi connectivity index (χ4v) is 2.05. The fourth-order valence-electron chi connectivity index (χ4n) is 2.05. The smallest absolute Gasteiger partial charge is 0.233 e. The van der Waals surface area contributed by atoms with Crippen LogP contribution >= 0.6 is 0 Å². The Balaban J connectivity index is 2.29. The van der Waals surface area contributed by atoms with Crippen LogP contribution in [0.3, 0.4) is 0 Å². The van der Waals surface area contributed by atoms with Gasteiger partial charge in [0, 0.05) is 19.2 Å². The number of likely N-dealkylation sites (N-methyl/N-ethyl adjacent to an activating group) is 1. The molecule has 0 radical (unpaired) electrons. The number of nitrogens with one attached hydrogen (secondary N) is 2. The van der Waals surface area contributed by atoms with Crippen LogP contribution in [0.5, 0.6) is 0 Å². The highest BCUT2D eigenvalue weighted by molar-refractivity contribution is 5.77. The molecule has 0 aromatic heterocycles. The molecule has 4 nitrogen and oxygen atoms in total. The van der Waals surface area contributed by atoms with Crippen LogP contribution in [0.4, 0.5) is 0 Å². The van der Waals surface area contributed by atoms with E-state index < -0.39 is 0 Å². The summed E-state index contributed by atoms with van der Waals surface area (Å²) in [6.45, 7) is 8.12. The lowest BCUT2D eigenvalue weighted by Crippen LogP contribution is -2.47. The summed E-state index contributed by atoms with van der Waals surface area (Å²) in [4.78, 5) is 11.3. The molecule has 1 fully saturated rings. The van der Waals surface area contributed by atoms with E-state index in [4.69, 9.17) is 4.74 Å². The summed E-state index contributed by atoms with van der Waals surface area (Å²) in [6.07, 6.45) is 3.00. The molecule has 2 N–H and O–H groups in total. The van der Waals surface area contributed by atoms with Gasteiger partial charge < -0.3 is 15.4 Å². The van der Waals surface area contributed by atoms with Crippen LogP contribution in [0.15, 0.2) is 0 Å². The highest BCUT2D eigenvalue weighted by atomic mass is 16.5. The minimum Gasteiger partial charge on any atom is -0.375 e. The summed E-state index contributed by atoms with van der Waals surface area (Å²) in [5.41, 5.74) is -0.0167. The minimum atomic E-state index is -0.0167. The largest absolute Gasteiger partial charge is 0.375 e. The molecule has 0 spiro atoms. The first kappa shape index (κ1) is 13.5.